The third-order valence-corrected chi connectivity index (χ3v) is 3.34. The highest BCUT2D eigenvalue weighted by molar-refractivity contribution is 5.59. The zero-order chi connectivity index (χ0) is 14.1. The molecule has 3 aromatic rings. The molecule has 0 radical (unpaired) electrons. The van der Waals surface area contributed by atoms with Gasteiger partial charge in [-0.15, -0.1) is 10.2 Å². The van der Waals surface area contributed by atoms with Crippen molar-refractivity contribution in [2.75, 3.05) is 6.54 Å². The van der Waals surface area contributed by atoms with Crippen molar-refractivity contribution in [1.82, 2.24) is 19.6 Å². The average molecular weight is 267 g/mol. The fourth-order valence-electron chi connectivity index (χ4n) is 2.40. The van der Waals surface area contributed by atoms with Crippen molar-refractivity contribution in [3.63, 3.8) is 0 Å². The van der Waals surface area contributed by atoms with Crippen molar-refractivity contribution in [3.05, 3.63) is 47.3 Å². The summed E-state index contributed by atoms with van der Waals surface area (Å²) in [5.41, 5.74) is 9.87. The van der Waals surface area contributed by atoms with Crippen LogP contribution in [0, 0.1) is 13.8 Å². The van der Waals surface area contributed by atoms with Crippen LogP contribution >= 0.6 is 0 Å². The van der Waals surface area contributed by atoms with Crippen LogP contribution < -0.4 is 5.73 Å². The predicted octanol–water partition coefficient (Wildman–Crippen LogP) is 1.91. The normalized spacial score (nSPS) is 11.2. The Morgan fingerprint density at radius 1 is 1.10 bits per heavy atom. The lowest BCUT2D eigenvalue weighted by molar-refractivity contribution is 0.968. The molecule has 0 aliphatic heterocycles. The highest BCUT2D eigenvalue weighted by Crippen LogP contribution is 2.20. The Kier molecular flexibility index (Phi) is 3.20. The standard InChI is InChI=1S/C15H17N5/c1-10-9-11(2)20-14(18-19-15(20)17-10)13-5-3-12(4-6-13)7-8-16/h3-6,9H,7-8,16H2,1-2H3. The first-order chi connectivity index (χ1) is 9.69. The summed E-state index contributed by atoms with van der Waals surface area (Å²) in [6.07, 6.45) is 0.890. The van der Waals surface area contributed by atoms with E-state index in [2.05, 4.69) is 39.4 Å². The first-order valence-electron chi connectivity index (χ1n) is 6.68. The van der Waals surface area contributed by atoms with Crippen molar-refractivity contribution in [1.29, 1.82) is 0 Å². The highest BCUT2D eigenvalue weighted by atomic mass is 15.3. The molecule has 0 saturated carbocycles. The van der Waals surface area contributed by atoms with E-state index in [-0.39, 0.29) is 0 Å². The van der Waals surface area contributed by atoms with Gasteiger partial charge in [-0.25, -0.2) is 4.98 Å². The molecule has 0 unspecified atom stereocenters. The smallest absolute Gasteiger partial charge is 0.255 e. The van der Waals surface area contributed by atoms with Gasteiger partial charge < -0.3 is 5.73 Å². The summed E-state index contributed by atoms with van der Waals surface area (Å²) in [6, 6.07) is 10.3. The molecule has 0 aliphatic carbocycles. The Labute approximate surface area is 117 Å². The Morgan fingerprint density at radius 2 is 1.85 bits per heavy atom. The lowest BCUT2D eigenvalue weighted by Crippen LogP contribution is -2.02. The Hall–Kier alpha value is -2.27. The number of benzene rings is 1. The van der Waals surface area contributed by atoms with Crippen LogP contribution in [0.2, 0.25) is 0 Å². The van der Waals surface area contributed by atoms with Gasteiger partial charge in [0, 0.05) is 17.0 Å². The third kappa shape index (κ3) is 2.16. The number of nitrogens with zero attached hydrogens (tertiary/aromatic N) is 4. The summed E-state index contributed by atoms with van der Waals surface area (Å²) in [7, 11) is 0. The second-order valence-corrected chi connectivity index (χ2v) is 4.93. The molecule has 0 spiro atoms. The average Bonchev–Trinajstić information content (AvgIpc) is 2.84. The van der Waals surface area contributed by atoms with Gasteiger partial charge in [-0.05, 0) is 38.4 Å². The molecule has 5 nitrogen and oxygen atoms in total. The second-order valence-electron chi connectivity index (χ2n) is 4.93. The van der Waals surface area contributed by atoms with Gasteiger partial charge in [-0.2, -0.15) is 0 Å². The molecule has 2 N–H and O–H groups in total. The van der Waals surface area contributed by atoms with Crippen LogP contribution in [0.1, 0.15) is 17.0 Å². The minimum Gasteiger partial charge on any atom is -0.330 e. The van der Waals surface area contributed by atoms with E-state index in [0.29, 0.717) is 12.3 Å². The molecule has 5 heteroatoms. The van der Waals surface area contributed by atoms with Crippen LogP contribution in [0.15, 0.2) is 30.3 Å². The van der Waals surface area contributed by atoms with E-state index >= 15 is 0 Å². The van der Waals surface area contributed by atoms with Crippen molar-refractivity contribution >= 4 is 5.78 Å². The number of nitrogens with two attached hydrogens (primary N) is 1. The summed E-state index contributed by atoms with van der Waals surface area (Å²) in [5, 5.41) is 8.43. The summed E-state index contributed by atoms with van der Waals surface area (Å²) >= 11 is 0. The van der Waals surface area contributed by atoms with E-state index in [9.17, 15) is 0 Å². The SMILES string of the molecule is Cc1cc(C)n2c(-c3ccc(CCN)cc3)nnc2n1. The lowest BCUT2D eigenvalue weighted by Gasteiger charge is -2.05. The molecule has 1 aromatic carbocycles. The maximum atomic E-state index is 5.57. The number of hydrogen-bond acceptors (Lipinski definition) is 4. The van der Waals surface area contributed by atoms with Crippen LogP contribution in [0.3, 0.4) is 0 Å². The van der Waals surface area contributed by atoms with Gasteiger partial charge in [0.1, 0.15) is 0 Å². The van der Waals surface area contributed by atoms with E-state index in [4.69, 9.17) is 5.73 Å². The highest BCUT2D eigenvalue weighted by Gasteiger charge is 2.11. The van der Waals surface area contributed by atoms with Gasteiger partial charge in [0.05, 0.1) is 0 Å². The molecular weight excluding hydrogens is 250 g/mol. The topological polar surface area (TPSA) is 69.1 Å². The second kappa shape index (κ2) is 5.02. The largest absolute Gasteiger partial charge is 0.330 e. The summed E-state index contributed by atoms with van der Waals surface area (Å²) < 4.78 is 1.98. The van der Waals surface area contributed by atoms with Crippen molar-refractivity contribution in [2.45, 2.75) is 20.3 Å². The summed E-state index contributed by atoms with van der Waals surface area (Å²) in [5.74, 6) is 1.47. The van der Waals surface area contributed by atoms with Gasteiger partial charge in [0.2, 0.25) is 0 Å². The molecule has 0 bridgehead atoms. The number of fused-ring (bicyclic) bond motifs is 1. The van der Waals surface area contributed by atoms with Crippen molar-refractivity contribution in [3.8, 4) is 11.4 Å². The van der Waals surface area contributed by atoms with E-state index in [0.717, 1.165) is 29.2 Å². The Morgan fingerprint density at radius 3 is 2.55 bits per heavy atom. The van der Waals surface area contributed by atoms with Gasteiger partial charge in [-0.1, -0.05) is 24.3 Å². The zero-order valence-electron chi connectivity index (χ0n) is 11.7. The Balaban J connectivity index is 2.10. The zero-order valence-corrected chi connectivity index (χ0v) is 11.7. The van der Waals surface area contributed by atoms with E-state index in [1.807, 2.05) is 24.3 Å². The fraction of sp³-hybridized carbons (Fsp3) is 0.267. The molecule has 0 saturated heterocycles. The van der Waals surface area contributed by atoms with Gasteiger partial charge in [0.25, 0.3) is 5.78 Å². The molecule has 20 heavy (non-hydrogen) atoms. The number of hydrogen-bond donors (Lipinski definition) is 1. The lowest BCUT2D eigenvalue weighted by atomic mass is 10.1. The first-order valence-corrected chi connectivity index (χ1v) is 6.68. The number of aryl methyl sites for hydroxylation is 2. The molecule has 2 heterocycles. The molecule has 3 rings (SSSR count). The van der Waals surface area contributed by atoms with Crippen LogP contribution in [-0.2, 0) is 6.42 Å². The monoisotopic (exact) mass is 267 g/mol. The third-order valence-electron chi connectivity index (χ3n) is 3.34. The number of aromatic nitrogens is 4. The minimum absolute atomic E-state index is 0.642. The molecule has 0 amide bonds. The van der Waals surface area contributed by atoms with Crippen molar-refractivity contribution < 1.29 is 0 Å². The minimum atomic E-state index is 0.642. The van der Waals surface area contributed by atoms with Crippen LogP contribution in [0.25, 0.3) is 17.2 Å². The van der Waals surface area contributed by atoms with Crippen LogP contribution in [-0.4, -0.2) is 26.1 Å². The maximum Gasteiger partial charge on any atom is 0.255 e. The van der Waals surface area contributed by atoms with E-state index in [1.165, 1.54) is 5.56 Å². The summed E-state index contributed by atoms with van der Waals surface area (Å²) in [4.78, 5) is 4.40. The van der Waals surface area contributed by atoms with Gasteiger partial charge >= 0.3 is 0 Å². The molecule has 0 aliphatic rings. The predicted molar refractivity (Wildman–Crippen MR) is 78.5 cm³/mol. The van der Waals surface area contributed by atoms with Crippen LogP contribution in [0.4, 0.5) is 0 Å². The molecule has 0 atom stereocenters. The molecule has 102 valence electrons. The first kappa shape index (κ1) is 12.7. The number of rotatable bonds is 3. The maximum absolute atomic E-state index is 5.57. The molecular formula is C15H17N5. The summed E-state index contributed by atoms with van der Waals surface area (Å²) in [6.45, 7) is 4.66. The quantitative estimate of drug-likeness (QED) is 0.787. The Bertz CT molecular complexity index is 743. The van der Waals surface area contributed by atoms with Crippen molar-refractivity contribution in [2.24, 2.45) is 5.73 Å². The van der Waals surface area contributed by atoms with E-state index in [1.54, 1.807) is 0 Å². The van der Waals surface area contributed by atoms with Gasteiger partial charge in [-0.3, -0.25) is 4.40 Å². The van der Waals surface area contributed by atoms with Gasteiger partial charge in [0.15, 0.2) is 5.82 Å². The van der Waals surface area contributed by atoms with Crippen LogP contribution in [0.5, 0.6) is 0 Å². The van der Waals surface area contributed by atoms with E-state index < -0.39 is 0 Å². The fourth-order valence-corrected chi connectivity index (χ4v) is 2.40. The molecule has 0 fully saturated rings. The molecule has 2 aromatic heterocycles.